The van der Waals surface area contributed by atoms with Crippen LogP contribution in [0.25, 0.3) is 16.7 Å². The van der Waals surface area contributed by atoms with Crippen molar-refractivity contribution >= 4 is 16.9 Å². The number of carboxylic acids is 1. The van der Waals surface area contributed by atoms with Crippen molar-refractivity contribution in [2.45, 2.75) is 19.8 Å². The fourth-order valence-corrected chi connectivity index (χ4v) is 2.50. The molecular formula is C16H13F2N3O2. The molecule has 118 valence electrons. The van der Waals surface area contributed by atoms with Crippen molar-refractivity contribution in [3.8, 4) is 5.82 Å². The van der Waals surface area contributed by atoms with Gasteiger partial charge in [0.05, 0.1) is 5.52 Å². The zero-order chi connectivity index (χ0) is 16.8. The number of carbonyl (C=O) groups is 1. The van der Waals surface area contributed by atoms with Crippen LogP contribution in [-0.4, -0.2) is 25.6 Å². The average molecular weight is 317 g/mol. The fourth-order valence-electron chi connectivity index (χ4n) is 2.50. The van der Waals surface area contributed by atoms with E-state index in [2.05, 4.69) is 9.97 Å². The van der Waals surface area contributed by atoms with Gasteiger partial charge < -0.3 is 9.67 Å². The molecule has 0 fully saturated rings. The first kappa shape index (κ1) is 15.1. The van der Waals surface area contributed by atoms with Crippen molar-refractivity contribution in [1.29, 1.82) is 0 Å². The van der Waals surface area contributed by atoms with Crippen LogP contribution in [0.4, 0.5) is 8.78 Å². The minimum Gasteiger partial charge on any atom is -0.476 e. The highest BCUT2D eigenvalue weighted by Crippen LogP contribution is 2.31. The first-order valence-electron chi connectivity index (χ1n) is 6.83. The second kappa shape index (κ2) is 5.12. The normalized spacial score (nSPS) is 11.8. The van der Waals surface area contributed by atoms with E-state index in [9.17, 15) is 13.6 Å². The number of halogens is 2. The average Bonchev–Trinajstić information content (AvgIpc) is 2.89. The Morgan fingerprint density at radius 2 is 2.00 bits per heavy atom. The molecule has 5 nitrogen and oxygen atoms in total. The van der Waals surface area contributed by atoms with E-state index in [-0.39, 0.29) is 11.3 Å². The summed E-state index contributed by atoms with van der Waals surface area (Å²) in [5.41, 5.74) is 0.903. The Bertz CT molecular complexity index is 913. The highest BCUT2D eigenvalue weighted by atomic mass is 19.3. The van der Waals surface area contributed by atoms with Crippen molar-refractivity contribution in [2.75, 3.05) is 0 Å². The van der Waals surface area contributed by atoms with E-state index in [1.807, 2.05) is 0 Å². The Morgan fingerprint density at radius 3 is 2.65 bits per heavy atom. The monoisotopic (exact) mass is 317 g/mol. The third-order valence-corrected chi connectivity index (χ3v) is 3.69. The second-order valence-electron chi connectivity index (χ2n) is 5.32. The topological polar surface area (TPSA) is 68.0 Å². The molecule has 0 spiro atoms. The lowest BCUT2D eigenvalue weighted by molar-refractivity contribution is 0.0176. The summed E-state index contributed by atoms with van der Waals surface area (Å²) in [6.45, 7) is 2.46. The van der Waals surface area contributed by atoms with Gasteiger partial charge in [-0.25, -0.2) is 23.5 Å². The van der Waals surface area contributed by atoms with E-state index in [0.29, 0.717) is 22.3 Å². The van der Waals surface area contributed by atoms with Gasteiger partial charge in [-0.05, 0) is 25.1 Å². The van der Waals surface area contributed by atoms with Crippen LogP contribution in [0.1, 0.15) is 28.5 Å². The molecule has 0 saturated carbocycles. The number of hydrogen-bond acceptors (Lipinski definition) is 3. The number of benzene rings is 1. The van der Waals surface area contributed by atoms with Crippen LogP contribution in [-0.2, 0) is 5.92 Å². The first-order chi connectivity index (χ1) is 10.8. The molecule has 1 N–H and O–H groups in total. The van der Waals surface area contributed by atoms with E-state index in [1.54, 1.807) is 29.8 Å². The maximum atomic E-state index is 13.4. The highest BCUT2D eigenvalue weighted by Gasteiger charge is 2.24. The van der Waals surface area contributed by atoms with E-state index >= 15 is 0 Å². The van der Waals surface area contributed by atoms with Gasteiger partial charge in [0.2, 0.25) is 0 Å². The van der Waals surface area contributed by atoms with Crippen molar-refractivity contribution < 1.29 is 18.7 Å². The smallest absolute Gasteiger partial charge is 0.354 e. The predicted molar refractivity (Wildman–Crippen MR) is 80.1 cm³/mol. The van der Waals surface area contributed by atoms with Gasteiger partial charge in [-0.3, -0.25) is 0 Å². The van der Waals surface area contributed by atoms with E-state index < -0.39 is 11.9 Å². The number of nitrogens with zero attached hydrogens (tertiary/aromatic N) is 3. The van der Waals surface area contributed by atoms with E-state index in [1.165, 1.54) is 18.5 Å². The quantitative estimate of drug-likeness (QED) is 0.802. The number of hydrogen-bond donors (Lipinski definition) is 1. The van der Waals surface area contributed by atoms with Gasteiger partial charge in [0.15, 0.2) is 5.69 Å². The molecule has 0 aliphatic rings. The van der Waals surface area contributed by atoms with Crippen molar-refractivity contribution in [1.82, 2.24) is 14.5 Å². The molecule has 2 heterocycles. The minimum atomic E-state index is -2.92. The number of rotatable bonds is 3. The number of carboxylic acid groups (broad SMARTS) is 1. The Morgan fingerprint density at radius 1 is 1.26 bits per heavy atom. The van der Waals surface area contributed by atoms with Gasteiger partial charge in [0, 0.05) is 29.6 Å². The van der Waals surface area contributed by atoms with Crippen LogP contribution in [0, 0.1) is 6.92 Å². The van der Waals surface area contributed by atoms with Crippen LogP contribution >= 0.6 is 0 Å². The zero-order valence-corrected chi connectivity index (χ0v) is 12.4. The number of alkyl halides is 2. The van der Waals surface area contributed by atoms with Crippen molar-refractivity contribution in [3.63, 3.8) is 0 Å². The Kier molecular flexibility index (Phi) is 3.35. The van der Waals surface area contributed by atoms with Gasteiger partial charge in [-0.1, -0.05) is 6.07 Å². The summed E-state index contributed by atoms with van der Waals surface area (Å²) in [6, 6.07) is 6.03. The molecule has 7 heteroatoms. The number of aromatic carboxylic acids is 1. The van der Waals surface area contributed by atoms with Gasteiger partial charge in [-0.15, -0.1) is 0 Å². The molecular weight excluding hydrogens is 304 g/mol. The third kappa shape index (κ3) is 2.54. The molecule has 3 rings (SSSR count). The second-order valence-corrected chi connectivity index (χ2v) is 5.32. The molecule has 0 bridgehead atoms. The lowest BCUT2D eigenvalue weighted by Gasteiger charge is -2.12. The van der Waals surface area contributed by atoms with E-state index in [0.717, 1.165) is 6.92 Å². The summed E-state index contributed by atoms with van der Waals surface area (Å²) in [7, 11) is 0. The number of aromatic nitrogens is 3. The summed E-state index contributed by atoms with van der Waals surface area (Å²) in [4.78, 5) is 19.1. The highest BCUT2D eigenvalue weighted by molar-refractivity contribution is 5.88. The molecule has 0 saturated heterocycles. The summed E-state index contributed by atoms with van der Waals surface area (Å²) >= 11 is 0. The summed E-state index contributed by atoms with van der Waals surface area (Å²) in [5, 5.41) is 9.77. The standard InChI is InChI=1S/C16H13F2N3O2/c1-9-13(15(22)23)19-8-20-14(9)21-6-5-10-7-11(16(2,17)18)3-4-12(10)21/h3-8H,1-2H3,(H,22,23). The maximum absolute atomic E-state index is 13.4. The zero-order valence-electron chi connectivity index (χ0n) is 12.4. The Balaban J connectivity index is 2.19. The fraction of sp³-hybridized carbons (Fsp3) is 0.188. The lowest BCUT2D eigenvalue weighted by Crippen LogP contribution is -2.09. The predicted octanol–water partition coefficient (Wildman–Crippen LogP) is 3.54. The minimum absolute atomic E-state index is 0.0756. The molecule has 1 aromatic carbocycles. The van der Waals surface area contributed by atoms with Gasteiger partial charge >= 0.3 is 5.97 Å². The molecule has 3 aromatic rings. The third-order valence-electron chi connectivity index (χ3n) is 3.69. The molecule has 0 unspecified atom stereocenters. The van der Waals surface area contributed by atoms with E-state index in [4.69, 9.17) is 5.11 Å². The molecule has 0 aliphatic heterocycles. The van der Waals surface area contributed by atoms with Crippen LogP contribution in [0.2, 0.25) is 0 Å². The van der Waals surface area contributed by atoms with Crippen LogP contribution in [0.3, 0.4) is 0 Å². The number of fused-ring (bicyclic) bond motifs is 1. The lowest BCUT2D eigenvalue weighted by atomic mass is 10.1. The molecule has 0 amide bonds. The van der Waals surface area contributed by atoms with Gasteiger partial charge in [-0.2, -0.15) is 0 Å². The largest absolute Gasteiger partial charge is 0.476 e. The van der Waals surface area contributed by atoms with Crippen LogP contribution in [0.5, 0.6) is 0 Å². The van der Waals surface area contributed by atoms with Gasteiger partial charge in [0.25, 0.3) is 5.92 Å². The summed E-state index contributed by atoms with van der Waals surface area (Å²) in [6.07, 6.45) is 2.84. The van der Waals surface area contributed by atoms with Crippen molar-refractivity contribution in [3.05, 3.63) is 53.6 Å². The Labute approximate surface area is 130 Å². The molecule has 2 aromatic heterocycles. The van der Waals surface area contributed by atoms with Crippen molar-refractivity contribution in [2.24, 2.45) is 0 Å². The molecule has 0 atom stereocenters. The van der Waals surface area contributed by atoms with Gasteiger partial charge in [0.1, 0.15) is 12.1 Å². The Hall–Kier alpha value is -2.83. The molecule has 0 aliphatic carbocycles. The van der Waals surface area contributed by atoms with Crippen LogP contribution in [0.15, 0.2) is 36.8 Å². The summed E-state index contributed by atoms with van der Waals surface area (Å²) in [5.74, 6) is -3.66. The molecule has 23 heavy (non-hydrogen) atoms. The first-order valence-corrected chi connectivity index (χ1v) is 6.83. The summed E-state index contributed by atoms with van der Waals surface area (Å²) < 4.78 is 28.5. The molecule has 0 radical (unpaired) electrons. The SMILES string of the molecule is Cc1c(C(=O)O)ncnc1-n1ccc2cc(C(C)(F)F)ccc21. The van der Waals surface area contributed by atoms with Crippen LogP contribution < -0.4 is 0 Å². The maximum Gasteiger partial charge on any atom is 0.354 e.